The zero-order valence-electron chi connectivity index (χ0n) is 11.6. The lowest BCUT2D eigenvalue weighted by atomic mass is 9.98. The van der Waals surface area contributed by atoms with Crippen molar-refractivity contribution in [2.24, 2.45) is 7.05 Å². The summed E-state index contributed by atoms with van der Waals surface area (Å²) >= 11 is 0. The molecule has 4 heteroatoms. The molecule has 0 aromatic carbocycles. The maximum absolute atomic E-state index is 5.87. The van der Waals surface area contributed by atoms with Gasteiger partial charge in [-0.1, -0.05) is 19.3 Å². The fourth-order valence-corrected chi connectivity index (χ4v) is 2.58. The minimum absolute atomic E-state index is 0.513. The molecule has 1 aliphatic rings. The molecule has 1 aliphatic carbocycles. The van der Waals surface area contributed by atoms with E-state index in [4.69, 9.17) is 4.74 Å². The largest absolute Gasteiger partial charge is 0.377 e. The van der Waals surface area contributed by atoms with Crippen LogP contribution < -0.4 is 5.32 Å². The van der Waals surface area contributed by atoms with Crippen LogP contribution in [-0.4, -0.2) is 29.0 Å². The highest BCUT2D eigenvalue weighted by Crippen LogP contribution is 2.19. The Kier molecular flexibility index (Phi) is 5.20. The van der Waals surface area contributed by atoms with Crippen molar-refractivity contribution in [1.29, 1.82) is 0 Å². The highest BCUT2D eigenvalue weighted by atomic mass is 16.5. The predicted octanol–water partition coefficient (Wildman–Crippen LogP) is 2.17. The summed E-state index contributed by atoms with van der Waals surface area (Å²) in [5.41, 5.74) is 2.30. The third-order valence-corrected chi connectivity index (χ3v) is 3.59. The van der Waals surface area contributed by atoms with Crippen LogP contribution in [0.1, 0.15) is 43.5 Å². The first-order valence-electron chi connectivity index (χ1n) is 7.07. The standard InChI is InChI=1S/C14H25N3O/c1-12-10-13(17(2)16-12)11-15-8-9-18-14-6-4-3-5-7-14/h10,14-15H,3-9,11H2,1-2H3. The van der Waals surface area contributed by atoms with Crippen molar-refractivity contribution in [3.63, 3.8) is 0 Å². The van der Waals surface area contributed by atoms with Gasteiger partial charge in [0.25, 0.3) is 0 Å². The molecule has 1 heterocycles. The van der Waals surface area contributed by atoms with E-state index in [1.807, 2.05) is 18.7 Å². The summed E-state index contributed by atoms with van der Waals surface area (Å²) in [6.45, 7) is 4.63. The SMILES string of the molecule is Cc1cc(CNCCOC2CCCCC2)n(C)n1. The first kappa shape index (κ1) is 13.6. The summed E-state index contributed by atoms with van der Waals surface area (Å²) in [5, 5.41) is 7.74. The van der Waals surface area contributed by atoms with Gasteiger partial charge in [-0.05, 0) is 25.8 Å². The van der Waals surface area contributed by atoms with Crippen LogP contribution in [0.4, 0.5) is 0 Å². The highest BCUT2D eigenvalue weighted by molar-refractivity contribution is 5.08. The molecule has 4 nitrogen and oxygen atoms in total. The smallest absolute Gasteiger partial charge is 0.0597 e. The molecule has 0 aliphatic heterocycles. The quantitative estimate of drug-likeness (QED) is 0.788. The van der Waals surface area contributed by atoms with Gasteiger partial charge in [0.2, 0.25) is 0 Å². The Morgan fingerprint density at radius 2 is 2.17 bits per heavy atom. The lowest BCUT2D eigenvalue weighted by Gasteiger charge is -2.22. The number of aromatic nitrogens is 2. The summed E-state index contributed by atoms with van der Waals surface area (Å²) in [6, 6.07) is 2.12. The average Bonchev–Trinajstić information content (AvgIpc) is 2.69. The number of nitrogens with one attached hydrogen (secondary N) is 1. The Hall–Kier alpha value is -0.870. The van der Waals surface area contributed by atoms with Crippen LogP contribution in [0.5, 0.6) is 0 Å². The molecule has 0 amide bonds. The van der Waals surface area contributed by atoms with Gasteiger partial charge in [-0.15, -0.1) is 0 Å². The van der Waals surface area contributed by atoms with E-state index in [0.717, 1.165) is 25.4 Å². The third-order valence-electron chi connectivity index (χ3n) is 3.59. The topological polar surface area (TPSA) is 39.1 Å². The predicted molar refractivity (Wildman–Crippen MR) is 72.5 cm³/mol. The molecule has 0 saturated heterocycles. The van der Waals surface area contributed by atoms with Crippen LogP contribution in [0.3, 0.4) is 0 Å². The number of ether oxygens (including phenoxy) is 1. The molecule has 18 heavy (non-hydrogen) atoms. The lowest BCUT2D eigenvalue weighted by molar-refractivity contribution is 0.0302. The average molecular weight is 251 g/mol. The monoisotopic (exact) mass is 251 g/mol. The Morgan fingerprint density at radius 3 is 2.83 bits per heavy atom. The van der Waals surface area contributed by atoms with Gasteiger partial charge in [0.15, 0.2) is 0 Å². The zero-order valence-corrected chi connectivity index (χ0v) is 11.6. The third kappa shape index (κ3) is 4.10. The van der Waals surface area contributed by atoms with Crippen LogP contribution in [0.15, 0.2) is 6.07 Å². The maximum atomic E-state index is 5.87. The van der Waals surface area contributed by atoms with Crippen molar-refractivity contribution in [2.45, 2.75) is 51.7 Å². The summed E-state index contributed by atoms with van der Waals surface area (Å²) in [5.74, 6) is 0. The van der Waals surface area contributed by atoms with Crippen molar-refractivity contribution >= 4 is 0 Å². The fourth-order valence-electron chi connectivity index (χ4n) is 2.58. The summed E-state index contributed by atoms with van der Waals surface area (Å²) < 4.78 is 7.81. The molecular weight excluding hydrogens is 226 g/mol. The van der Waals surface area contributed by atoms with Crippen molar-refractivity contribution < 1.29 is 4.74 Å². The van der Waals surface area contributed by atoms with Gasteiger partial charge in [-0.2, -0.15) is 5.10 Å². The molecule has 1 aromatic heterocycles. The molecule has 0 atom stereocenters. The number of hydrogen-bond donors (Lipinski definition) is 1. The van der Waals surface area contributed by atoms with Crippen LogP contribution in [-0.2, 0) is 18.3 Å². The van der Waals surface area contributed by atoms with Gasteiger partial charge in [0.05, 0.1) is 24.1 Å². The first-order chi connectivity index (χ1) is 8.75. The molecule has 102 valence electrons. The molecule has 0 bridgehead atoms. The number of nitrogens with zero attached hydrogens (tertiary/aromatic N) is 2. The van der Waals surface area contributed by atoms with E-state index < -0.39 is 0 Å². The minimum atomic E-state index is 0.513. The molecule has 1 aromatic rings. The van der Waals surface area contributed by atoms with Crippen LogP contribution in [0.2, 0.25) is 0 Å². The van der Waals surface area contributed by atoms with Gasteiger partial charge in [0.1, 0.15) is 0 Å². The van der Waals surface area contributed by atoms with Crippen molar-refractivity contribution in [2.75, 3.05) is 13.2 Å². The minimum Gasteiger partial charge on any atom is -0.377 e. The van der Waals surface area contributed by atoms with Gasteiger partial charge < -0.3 is 10.1 Å². The molecule has 0 radical (unpaired) electrons. The number of hydrogen-bond acceptors (Lipinski definition) is 3. The molecule has 1 N–H and O–H groups in total. The first-order valence-corrected chi connectivity index (χ1v) is 7.07. The Morgan fingerprint density at radius 1 is 1.39 bits per heavy atom. The van der Waals surface area contributed by atoms with E-state index in [0.29, 0.717) is 6.10 Å². The maximum Gasteiger partial charge on any atom is 0.0597 e. The van der Waals surface area contributed by atoms with Crippen LogP contribution in [0.25, 0.3) is 0 Å². The van der Waals surface area contributed by atoms with E-state index in [9.17, 15) is 0 Å². The molecule has 1 fully saturated rings. The lowest BCUT2D eigenvalue weighted by Crippen LogP contribution is -2.25. The molecule has 1 saturated carbocycles. The van der Waals surface area contributed by atoms with Crippen molar-refractivity contribution in [1.82, 2.24) is 15.1 Å². The second-order valence-electron chi connectivity index (χ2n) is 5.21. The normalized spacial score (nSPS) is 17.2. The molecule has 0 unspecified atom stereocenters. The fraction of sp³-hybridized carbons (Fsp3) is 0.786. The number of rotatable bonds is 6. The summed E-state index contributed by atoms with van der Waals surface area (Å²) in [4.78, 5) is 0. The molecular formula is C14H25N3O. The van der Waals surface area contributed by atoms with E-state index in [1.54, 1.807) is 0 Å². The van der Waals surface area contributed by atoms with E-state index in [-0.39, 0.29) is 0 Å². The van der Waals surface area contributed by atoms with Crippen LogP contribution >= 0.6 is 0 Å². The van der Waals surface area contributed by atoms with E-state index >= 15 is 0 Å². The van der Waals surface area contributed by atoms with Crippen molar-refractivity contribution in [3.05, 3.63) is 17.5 Å². The Balaban J connectivity index is 1.57. The van der Waals surface area contributed by atoms with E-state index in [2.05, 4.69) is 16.5 Å². The van der Waals surface area contributed by atoms with Crippen molar-refractivity contribution in [3.8, 4) is 0 Å². The Labute approximate surface area is 110 Å². The van der Waals surface area contributed by atoms with Gasteiger partial charge >= 0.3 is 0 Å². The second-order valence-corrected chi connectivity index (χ2v) is 5.21. The van der Waals surface area contributed by atoms with Gasteiger partial charge in [-0.3, -0.25) is 4.68 Å². The highest BCUT2D eigenvalue weighted by Gasteiger charge is 2.12. The van der Waals surface area contributed by atoms with Gasteiger partial charge in [-0.25, -0.2) is 0 Å². The second kappa shape index (κ2) is 6.90. The number of aryl methyl sites for hydroxylation is 2. The molecule has 0 spiro atoms. The van der Waals surface area contributed by atoms with Crippen LogP contribution in [0, 0.1) is 6.92 Å². The summed E-state index contributed by atoms with van der Waals surface area (Å²) in [6.07, 6.45) is 7.08. The summed E-state index contributed by atoms with van der Waals surface area (Å²) in [7, 11) is 1.99. The molecule has 2 rings (SSSR count). The zero-order chi connectivity index (χ0) is 12.8. The van der Waals surface area contributed by atoms with Gasteiger partial charge in [0, 0.05) is 20.1 Å². The van der Waals surface area contributed by atoms with E-state index in [1.165, 1.54) is 37.8 Å². The Bertz CT molecular complexity index is 356.